The maximum absolute atomic E-state index is 5.99. The van der Waals surface area contributed by atoms with Crippen LogP contribution in [0.3, 0.4) is 0 Å². The fourth-order valence-electron chi connectivity index (χ4n) is 2.46. The summed E-state index contributed by atoms with van der Waals surface area (Å²) >= 11 is 5.99. The molecular weight excluding hydrogens is 274 g/mol. The van der Waals surface area contributed by atoms with Crippen LogP contribution in [0.1, 0.15) is 12.0 Å². The molecule has 1 N–H and O–H groups in total. The summed E-state index contributed by atoms with van der Waals surface area (Å²) in [6, 6.07) is 7.77. The molecule has 1 atom stereocenters. The van der Waals surface area contributed by atoms with Gasteiger partial charge in [-0.25, -0.2) is 0 Å². The van der Waals surface area contributed by atoms with Gasteiger partial charge in [0.05, 0.1) is 0 Å². The highest BCUT2D eigenvalue weighted by atomic mass is 35.5. The molecule has 0 fully saturated rings. The molecular formula is C15H18ClN3O. The number of benzene rings is 1. The lowest BCUT2D eigenvalue weighted by molar-refractivity contribution is 0.227. The number of aryl methyl sites for hydroxylation is 1. The number of rotatable bonds is 6. The number of nitrogens with one attached hydrogen (secondary N) is 1. The van der Waals surface area contributed by atoms with E-state index in [4.69, 9.17) is 16.3 Å². The summed E-state index contributed by atoms with van der Waals surface area (Å²) < 4.78 is 7.83. The minimum absolute atomic E-state index is 0.216. The summed E-state index contributed by atoms with van der Waals surface area (Å²) in [5.41, 5.74) is 1.21. The number of hydrogen-bond acceptors (Lipinski definition) is 3. The van der Waals surface area contributed by atoms with E-state index in [1.54, 1.807) is 0 Å². The molecule has 5 heteroatoms. The Balaban J connectivity index is 1.36. The van der Waals surface area contributed by atoms with E-state index in [0.717, 1.165) is 43.2 Å². The lowest BCUT2D eigenvalue weighted by Crippen LogP contribution is -2.31. The van der Waals surface area contributed by atoms with E-state index < -0.39 is 0 Å². The number of halogens is 1. The van der Waals surface area contributed by atoms with Crippen LogP contribution in [0.4, 0.5) is 0 Å². The number of nitrogens with zero attached hydrogens (tertiary/aromatic N) is 2. The molecule has 1 aromatic heterocycles. The van der Waals surface area contributed by atoms with Gasteiger partial charge in [0.1, 0.15) is 11.9 Å². The fourth-order valence-corrected chi connectivity index (χ4v) is 2.66. The Morgan fingerprint density at radius 1 is 1.45 bits per heavy atom. The first-order valence-electron chi connectivity index (χ1n) is 6.94. The lowest BCUT2D eigenvalue weighted by atomic mass is 10.1. The SMILES string of the molecule is Clc1ccc2c(c1)CC(CNCCCn1cccn1)O2. The smallest absolute Gasteiger partial charge is 0.123 e. The Hall–Kier alpha value is -1.52. The molecule has 4 nitrogen and oxygen atoms in total. The van der Waals surface area contributed by atoms with Crippen LogP contribution in [0.2, 0.25) is 5.02 Å². The van der Waals surface area contributed by atoms with Crippen LogP contribution in [-0.2, 0) is 13.0 Å². The van der Waals surface area contributed by atoms with E-state index in [1.807, 2.05) is 41.3 Å². The molecule has 0 saturated heterocycles. The van der Waals surface area contributed by atoms with Gasteiger partial charge in [-0.15, -0.1) is 0 Å². The average Bonchev–Trinajstić information content (AvgIpc) is 3.06. The molecule has 3 rings (SSSR count). The molecule has 0 bridgehead atoms. The molecule has 2 heterocycles. The Labute approximate surface area is 123 Å². The van der Waals surface area contributed by atoms with Gasteiger partial charge in [-0.3, -0.25) is 4.68 Å². The van der Waals surface area contributed by atoms with Gasteiger partial charge in [0.15, 0.2) is 0 Å². The molecule has 1 aromatic carbocycles. The van der Waals surface area contributed by atoms with Crippen molar-refractivity contribution in [1.82, 2.24) is 15.1 Å². The molecule has 1 aliphatic heterocycles. The zero-order valence-corrected chi connectivity index (χ0v) is 12.0. The van der Waals surface area contributed by atoms with E-state index in [9.17, 15) is 0 Å². The van der Waals surface area contributed by atoms with E-state index in [-0.39, 0.29) is 6.10 Å². The predicted octanol–water partition coefficient (Wildman–Crippen LogP) is 2.52. The topological polar surface area (TPSA) is 39.1 Å². The fraction of sp³-hybridized carbons (Fsp3) is 0.400. The molecule has 0 aliphatic carbocycles. The van der Waals surface area contributed by atoms with Gasteiger partial charge in [0, 0.05) is 36.9 Å². The van der Waals surface area contributed by atoms with E-state index in [1.165, 1.54) is 5.56 Å². The third-order valence-electron chi connectivity index (χ3n) is 3.44. The van der Waals surface area contributed by atoms with Crippen molar-refractivity contribution in [2.75, 3.05) is 13.1 Å². The molecule has 0 spiro atoms. The minimum atomic E-state index is 0.216. The van der Waals surface area contributed by atoms with Crippen LogP contribution in [0, 0.1) is 0 Å². The molecule has 0 amide bonds. The summed E-state index contributed by atoms with van der Waals surface area (Å²) in [6.45, 7) is 2.78. The van der Waals surface area contributed by atoms with E-state index >= 15 is 0 Å². The third kappa shape index (κ3) is 3.32. The van der Waals surface area contributed by atoms with Crippen molar-refractivity contribution < 1.29 is 4.74 Å². The minimum Gasteiger partial charge on any atom is -0.488 e. The number of fused-ring (bicyclic) bond motifs is 1. The van der Waals surface area contributed by atoms with Crippen molar-refractivity contribution in [3.8, 4) is 5.75 Å². The number of aromatic nitrogens is 2. The zero-order valence-electron chi connectivity index (χ0n) is 11.3. The maximum atomic E-state index is 5.99. The van der Waals surface area contributed by atoms with Crippen LogP contribution in [0.15, 0.2) is 36.7 Å². The van der Waals surface area contributed by atoms with Crippen molar-refractivity contribution >= 4 is 11.6 Å². The summed E-state index contributed by atoms with van der Waals surface area (Å²) in [5, 5.41) is 8.40. The monoisotopic (exact) mass is 291 g/mol. The number of ether oxygens (including phenoxy) is 1. The molecule has 0 radical (unpaired) electrons. The second-order valence-corrected chi connectivity index (χ2v) is 5.46. The van der Waals surface area contributed by atoms with Crippen LogP contribution in [-0.4, -0.2) is 29.0 Å². The van der Waals surface area contributed by atoms with E-state index in [0.29, 0.717) is 0 Å². The molecule has 1 unspecified atom stereocenters. The highest BCUT2D eigenvalue weighted by Crippen LogP contribution is 2.30. The Bertz CT molecular complexity index is 556. The summed E-state index contributed by atoms with van der Waals surface area (Å²) in [7, 11) is 0. The summed E-state index contributed by atoms with van der Waals surface area (Å²) in [5.74, 6) is 0.970. The van der Waals surface area contributed by atoms with Crippen LogP contribution < -0.4 is 10.1 Å². The molecule has 106 valence electrons. The molecule has 20 heavy (non-hydrogen) atoms. The number of hydrogen-bond donors (Lipinski definition) is 1. The maximum Gasteiger partial charge on any atom is 0.123 e. The zero-order chi connectivity index (χ0) is 13.8. The largest absolute Gasteiger partial charge is 0.488 e. The Morgan fingerprint density at radius 3 is 3.25 bits per heavy atom. The predicted molar refractivity (Wildman–Crippen MR) is 79.3 cm³/mol. The van der Waals surface area contributed by atoms with Crippen molar-refractivity contribution in [2.24, 2.45) is 0 Å². The van der Waals surface area contributed by atoms with Gasteiger partial charge in [0.25, 0.3) is 0 Å². The van der Waals surface area contributed by atoms with Crippen molar-refractivity contribution in [3.63, 3.8) is 0 Å². The molecule has 2 aromatic rings. The Morgan fingerprint density at radius 2 is 2.40 bits per heavy atom. The van der Waals surface area contributed by atoms with Crippen LogP contribution in [0.5, 0.6) is 5.75 Å². The normalized spacial score (nSPS) is 16.9. The van der Waals surface area contributed by atoms with Crippen molar-refractivity contribution in [3.05, 3.63) is 47.2 Å². The van der Waals surface area contributed by atoms with Crippen LogP contribution in [0.25, 0.3) is 0 Å². The second-order valence-electron chi connectivity index (χ2n) is 5.02. The van der Waals surface area contributed by atoms with Gasteiger partial charge in [-0.05, 0) is 42.8 Å². The van der Waals surface area contributed by atoms with E-state index in [2.05, 4.69) is 10.4 Å². The first-order chi connectivity index (χ1) is 9.81. The molecule has 0 saturated carbocycles. The highest BCUT2D eigenvalue weighted by molar-refractivity contribution is 6.30. The summed E-state index contributed by atoms with van der Waals surface area (Å²) in [4.78, 5) is 0. The third-order valence-corrected chi connectivity index (χ3v) is 3.67. The van der Waals surface area contributed by atoms with Gasteiger partial charge in [-0.1, -0.05) is 11.6 Å². The Kier molecular flexibility index (Phi) is 4.23. The summed E-state index contributed by atoms with van der Waals surface area (Å²) in [6.07, 6.45) is 6.01. The molecule has 1 aliphatic rings. The second kappa shape index (κ2) is 6.29. The first-order valence-corrected chi connectivity index (χ1v) is 7.32. The van der Waals surface area contributed by atoms with Crippen molar-refractivity contribution in [2.45, 2.75) is 25.5 Å². The average molecular weight is 292 g/mol. The standard InChI is InChI=1S/C15H18ClN3O/c16-13-3-4-15-12(9-13)10-14(20-15)11-17-5-1-7-19-8-2-6-18-19/h2-4,6,8-9,14,17H,1,5,7,10-11H2. The van der Waals surface area contributed by atoms with Crippen molar-refractivity contribution in [1.29, 1.82) is 0 Å². The van der Waals surface area contributed by atoms with Gasteiger partial charge in [-0.2, -0.15) is 5.10 Å². The highest BCUT2D eigenvalue weighted by Gasteiger charge is 2.22. The first kappa shape index (κ1) is 13.5. The van der Waals surface area contributed by atoms with Gasteiger partial charge < -0.3 is 10.1 Å². The quantitative estimate of drug-likeness (QED) is 0.831. The van der Waals surface area contributed by atoms with Gasteiger partial charge >= 0.3 is 0 Å². The lowest BCUT2D eigenvalue weighted by Gasteiger charge is -2.11. The van der Waals surface area contributed by atoms with Gasteiger partial charge in [0.2, 0.25) is 0 Å². The van der Waals surface area contributed by atoms with Crippen LogP contribution >= 0.6 is 11.6 Å².